The molecule has 4 unspecified atom stereocenters. The highest BCUT2D eigenvalue weighted by atomic mass is 16.8. The number of hydrogen-bond donors (Lipinski definition) is 7. The van der Waals surface area contributed by atoms with Crippen molar-refractivity contribution in [1.82, 2.24) is 54.3 Å². The molecular formula is C75H112N16O15. The van der Waals surface area contributed by atoms with Gasteiger partial charge in [0.05, 0.1) is 32.4 Å². The minimum absolute atomic E-state index is 0.0909. The maximum Gasteiger partial charge on any atom is 0.410 e. The fraction of sp³-hybridized carbons (Fsp3) is 0.653. The monoisotopic (exact) mass is 1480 g/mol. The van der Waals surface area contributed by atoms with Gasteiger partial charge in [0.15, 0.2) is 52.3 Å². The van der Waals surface area contributed by atoms with E-state index in [0.717, 1.165) is 155 Å². The van der Waals surface area contributed by atoms with Gasteiger partial charge in [-0.15, -0.1) is 0 Å². The van der Waals surface area contributed by atoms with E-state index < -0.39 is 48.0 Å². The van der Waals surface area contributed by atoms with Gasteiger partial charge in [-0.05, 0) is 193 Å². The van der Waals surface area contributed by atoms with E-state index in [2.05, 4.69) is 31.6 Å². The van der Waals surface area contributed by atoms with Crippen molar-refractivity contribution in [2.24, 2.45) is 5.90 Å². The number of benzene rings is 2. The minimum Gasteiger partial charge on any atom is -0.494 e. The van der Waals surface area contributed by atoms with Crippen molar-refractivity contribution in [1.29, 1.82) is 0 Å². The van der Waals surface area contributed by atoms with Crippen LogP contribution in [0.15, 0.2) is 61.2 Å². The number of nitrogens with zero attached hydrogens (tertiary/aromatic N) is 10. The lowest BCUT2D eigenvalue weighted by molar-refractivity contribution is -0.200. The number of hydrogen-bond acceptors (Lipinski definition) is 26. The lowest BCUT2D eigenvalue weighted by Crippen LogP contribution is -2.45. The average Bonchev–Trinajstić information content (AvgIpc) is 1.74. The average molecular weight is 1480 g/mol. The zero-order valence-electron chi connectivity index (χ0n) is 62.7. The number of aliphatic hydroxyl groups excluding tert-OH is 1. The number of nitrogens with two attached hydrogens (primary N) is 1. The van der Waals surface area contributed by atoms with Crippen molar-refractivity contribution in [3.63, 3.8) is 0 Å². The first-order chi connectivity index (χ1) is 51.3. The summed E-state index contributed by atoms with van der Waals surface area (Å²) in [6.07, 6.45) is 26.5. The molecule has 106 heavy (non-hydrogen) atoms. The van der Waals surface area contributed by atoms with Crippen LogP contribution in [0.2, 0.25) is 0 Å². The summed E-state index contributed by atoms with van der Waals surface area (Å²) in [6, 6.07) is 15.8. The second kappa shape index (κ2) is 40.6. The van der Waals surface area contributed by atoms with Crippen molar-refractivity contribution < 1.29 is 71.9 Å². The van der Waals surface area contributed by atoms with Crippen molar-refractivity contribution in [3.8, 4) is 11.5 Å². The number of nitrogens with one attached hydrogen (secondary N) is 5. The lowest BCUT2D eigenvalue weighted by atomic mass is 9.95. The molecule has 2 saturated carbocycles. The van der Waals surface area contributed by atoms with Crippen LogP contribution in [0.3, 0.4) is 0 Å². The van der Waals surface area contributed by atoms with Crippen molar-refractivity contribution in [3.05, 3.63) is 61.2 Å². The quantitative estimate of drug-likeness (QED) is 0.0177. The fourth-order valence-corrected chi connectivity index (χ4v) is 13.1. The number of rotatable bonds is 28. The van der Waals surface area contributed by atoms with Gasteiger partial charge in [0.1, 0.15) is 48.3 Å². The van der Waals surface area contributed by atoms with E-state index in [1.165, 1.54) is 54.7 Å². The van der Waals surface area contributed by atoms with Gasteiger partial charge < -0.3 is 69.2 Å². The number of aromatic nitrogens is 8. The highest BCUT2D eigenvalue weighted by Crippen LogP contribution is 2.34. The van der Waals surface area contributed by atoms with Gasteiger partial charge in [0, 0.05) is 75.8 Å². The van der Waals surface area contributed by atoms with E-state index in [0.29, 0.717) is 74.6 Å². The molecule has 31 nitrogen and oxygen atoms in total. The first kappa shape index (κ1) is 80.2. The van der Waals surface area contributed by atoms with E-state index in [-0.39, 0.29) is 44.9 Å². The molecule has 8 heterocycles. The molecule has 0 radical (unpaired) electrons. The van der Waals surface area contributed by atoms with Crippen LogP contribution < -0.4 is 42.1 Å². The summed E-state index contributed by atoms with van der Waals surface area (Å²) in [5.41, 5.74) is 5.60. The van der Waals surface area contributed by atoms with E-state index >= 15 is 0 Å². The van der Waals surface area contributed by atoms with Gasteiger partial charge in [0.2, 0.25) is 11.9 Å². The summed E-state index contributed by atoms with van der Waals surface area (Å²) in [4.78, 5) is 91.3. The van der Waals surface area contributed by atoms with Gasteiger partial charge in [0.25, 0.3) is 5.91 Å². The molecule has 6 aromatic rings. The smallest absolute Gasteiger partial charge is 0.410 e. The molecule has 0 spiro atoms. The van der Waals surface area contributed by atoms with Crippen LogP contribution in [0.4, 0.5) is 44.5 Å². The molecule has 4 saturated heterocycles. The largest absolute Gasteiger partial charge is 0.494 e. The van der Waals surface area contributed by atoms with E-state index in [1.54, 1.807) is 41.5 Å². The molecule has 0 bridgehead atoms. The Balaban J connectivity index is 0.000000206. The first-order valence-electron chi connectivity index (χ1n) is 38.2. The van der Waals surface area contributed by atoms with Gasteiger partial charge >= 0.3 is 12.2 Å². The number of ketones is 1. The number of ether oxygens (including phenoxy) is 8. The van der Waals surface area contributed by atoms with Crippen LogP contribution in [0, 0.1) is 0 Å². The SMILES string of the molecule is CC(C)(C)OC(=O)N(CCCOc1ccc(Nc2nc(NC3CCCCC3)c3ncn(C4CCCCO4)c3n2)cc1)CC(=O)CO.CC(C)(C)OC(=O)N(CCCOc1ccc(Nc2nc(NC3CCCCC3)c3ncn(C4CCCCO4)c3n2)cc1)CC(=O)NOC1CCCCO1.NOC1CCCCO1. The maximum atomic E-state index is 12.9. The third-order valence-corrected chi connectivity index (χ3v) is 18.5. The minimum atomic E-state index is -0.709. The van der Waals surface area contributed by atoms with Crippen LogP contribution in [0.5, 0.6) is 11.5 Å². The van der Waals surface area contributed by atoms with Crippen LogP contribution in [-0.2, 0) is 47.7 Å². The summed E-state index contributed by atoms with van der Waals surface area (Å²) in [6.45, 7) is 13.6. The predicted molar refractivity (Wildman–Crippen MR) is 398 cm³/mol. The van der Waals surface area contributed by atoms with Gasteiger partial charge in [-0.2, -0.15) is 19.9 Å². The molecule has 31 heteroatoms. The lowest BCUT2D eigenvalue weighted by Gasteiger charge is -2.27. The third kappa shape index (κ3) is 25.7. The molecule has 2 aromatic carbocycles. The van der Waals surface area contributed by atoms with E-state index in [9.17, 15) is 19.2 Å². The molecule has 6 fully saturated rings. The number of Topliss-reactive ketones (excluding diaryl/α,β-unsaturated/α-hetero) is 1. The molecule has 2 aliphatic carbocycles. The summed E-state index contributed by atoms with van der Waals surface area (Å²) in [5, 5.41) is 23.2. The Kier molecular flexibility index (Phi) is 30.7. The number of amides is 3. The van der Waals surface area contributed by atoms with E-state index in [4.69, 9.17) is 83.6 Å². The van der Waals surface area contributed by atoms with Gasteiger partial charge in [-0.1, -0.05) is 38.5 Å². The molecular weight excluding hydrogens is 1360 g/mol. The molecule has 12 rings (SSSR count). The van der Waals surface area contributed by atoms with Crippen molar-refractivity contribution in [2.75, 3.05) is 93.7 Å². The number of anilines is 6. The Bertz CT molecular complexity index is 3670. The van der Waals surface area contributed by atoms with Crippen LogP contribution in [0.1, 0.15) is 208 Å². The number of hydroxylamine groups is 1. The predicted octanol–water partition coefficient (Wildman–Crippen LogP) is 12.6. The standard InChI is InChI=1S/C37H54N8O7.C33H47N7O6.C5H11NO2/c1-37(2,3)51-36(47)44(24-29(46)43-52-31-15-8-10-22-50-31)20-11-23-48-28-18-16-27(17-19-28)40-35-41-33(39-26-12-5-4-6-13-26)32-34(42-35)45(25-38-32)30-14-7-9-21-49-30;1-33(2,3)46-32(43)39(20-25(42)21-41)17-9-19-44-26-15-13-24(14-16-26)36-31-37-29(35-23-10-5-4-6-11-23)28-30(38-31)40(22-34-28)27-12-7-8-18-45-27;6-8-5-3-1-2-4-7-5/h16-19,25-26,30-31H,4-15,20-24H2,1-3H3,(H,43,46)(H2,39,40,41,42);13-16,22-23,27,41H,4-12,17-21H2,1-3H3,(H2,35,36,37,38);5H,1-4,6H2. The van der Waals surface area contributed by atoms with Crippen molar-refractivity contribution in [2.45, 2.75) is 244 Å². The summed E-state index contributed by atoms with van der Waals surface area (Å²) >= 11 is 0. The molecule has 8 N–H and O–H groups in total. The fourth-order valence-electron chi connectivity index (χ4n) is 13.1. The van der Waals surface area contributed by atoms with Crippen molar-refractivity contribution >= 4 is 81.1 Å². The van der Waals surface area contributed by atoms with Crippen LogP contribution in [0.25, 0.3) is 22.3 Å². The maximum absolute atomic E-state index is 12.9. The van der Waals surface area contributed by atoms with Crippen LogP contribution in [-0.4, -0.2) is 186 Å². The topological polar surface area (TPSA) is 361 Å². The van der Waals surface area contributed by atoms with E-state index in [1.807, 2.05) is 70.3 Å². The highest BCUT2D eigenvalue weighted by Gasteiger charge is 2.30. The number of aliphatic hydroxyl groups is 1. The third-order valence-electron chi connectivity index (χ3n) is 18.5. The Morgan fingerprint density at radius 1 is 0.528 bits per heavy atom. The molecule has 3 amide bonds. The molecule has 4 aromatic heterocycles. The van der Waals surface area contributed by atoms with Gasteiger partial charge in [-0.3, -0.25) is 28.5 Å². The highest BCUT2D eigenvalue weighted by molar-refractivity contribution is 5.87. The summed E-state index contributed by atoms with van der Waals surface area (Å²) < 4.78 is 49.6. The molecule has 582 valence electrons. The first-order valence-corrected chi connectivity index (χ1v) is 38.2. The Morgan fingerprint density at radius 3 is 1.33 bits per heavy atom. The summed E-state index contributed by atoms with van der Waals surface area (Å²) in [5.74, 6) is 7.69. The number of imidazole rings is 2. The second-order valence-electron chi connectivity index (χ2n) is 29.6. The number of fused-ring (bicyclic) bond motifs is 2. The Hall–Kier alpha value is -8.30. The molecule has 4 atom stereocenters. The Morgan fingerprint density at radius 2 is 0.943 bits per heavy atom. The zero-order chi connectivity index (χ0) is 74.7. The second-order valence-corrected chi connectivity index (χ2v) is 29.6. The Labute approximate surface area is 621 Å². The zero-order valence-corrected chi connectivity index (χ0v) is 62.7. The number of carbonyl (C=O) groups excluding carboxylic acids is 4. The molecule has 6 aliphatic rings. The van der Waals surface area contributed by atoms with Crippen LogP contribution >= 0.6 is 0 Å². The van der Waals surface area contributed by atoms with Gasteiger partial charge in [-0.25, -0.2) is 35.8 Å². The normalized spacial score (nSPS) is 19.6. The number of carbonyl (C=O) groups is 4. The summed E-state index contributed by atoms with van der Waals surface area (Å²) in [7, 11) is 0. The molecule has 4 aliphatic heterocycles.